The molecule has 28 heavy (non-hydrogen) atoms. The molecule has 3 rings (SSSR count). The maximum absolute atomic E-state index is 8.81. The van der Waals surface area contributed by atoms with Crippen molar-refractivity contribution < 1.29 is 14.6 Å². The smallest absolute Gasteiger partial charge is 0.229 e. The number of nitrogens with one attached hydrogen (secondary N) is 2. The summed E-state index contributed by atoms with van der Waals surface area (Å²) in [5.74, 6) is 2.71. The second-order valence-electron chi connectivity index (χ2n) is 6.26. The maximum atomic E-state index is 8.81. The number of aromatic nitrogens is 2. The van der Waals surface area contributed by atoms with Gasteiger partial charge in [0.05, 0.1) is 13.7 Å². The number of nitrogens with zero attached hydrogens (tertiary/aromatic N) is 2. The normalized spacial score (nSPS) is 10.4. The summed E-state index contributed by atoms with van der Waals surface area (Å²) in [5.41, 5.74) is 3.72. The van der Waals surface area contributed by atoms with Gasteiger partial charge in [-0.05, 0) is 49.7 Å². The van der Waals surface area contributed by atoms with Gasteiger partial charge >= 0.3 is 0 Å². The monoisotopic (exact) mass is 380 g/mol. The zero-order chi connectivity index (χ0) is 19.9. The van der Waals surface area contributed by atoms with Crippen molar-refractivity contribution in [1.29, 1.82) is 0 Å². The van der Waals surface area contributed by atoms with Crippen molar-refractivity contribution >= 4 is 23.1 Å². The van der Waals surface area contributed by atoms with Crippen LogP contribution in [0, 0.1) is 13.8 Å². The Kier molecular flexibility index (Phi) is 6.29. The van der Waals surface area contributed by atoms with Gasteiger partial charge in [0.1, 0.15) is 23.9 Å². The van der Waals surface area contributed by atoms with Crippen molar-refractivity contribution in [1.82, 2.24) is 9.97 Å². The summed E-state index contributed by atoms with van der Waals surface area (Å²) < 4.78 is 10.7. The third kappa shape index (κ3) is 4.89. The van der Waals surface area contributed by atoms with E-state index in [9.17, 15) is 0 Å². The lowest BCUT2D eigenvalue weighted by Gasteiger charge is -2.13. The molecule has 1 heterocycles. The van der Waals surface area contributed by atoms with Gasteiger partial charge in [0.15, 0.2) is 0 Å². The molecule has 7 nitrogen and oxygen atoms in total. The van der Waals surface area contributed by atoms with Gasteiger partial charge in [0.2, 0.25) is 5.95 Å². The standard InChI is InChI=1S/C21H24N4O3/c1-14-4-5-17(12-19(14)27-3)23-20-15(2)13-22-21(25-20)24-16-6-8-18(9-7-16)28-11-10-26/h4-9,12-13,26H,10-11H2,1-3H3,(H2,22,23,24,25). The van der Waals surface area contributed by atoms with Crippen LogP contribution in [0.2, 0.25) is 0 Å². The second kappa shape index (κ2) is 9.05. The molecule has 3 N–H and O–H groups in total. The van der Waals surface area contributed by atoms with Gasteiger partial charge < -0.3 is 25.2 Å². The fraction of sp³-hybridized carbons (Fsp3) is 0.238. The number of hydrogen-bond donors (Lipinski definition) is 3. The van der Waals surface area contributed by atoms with Crippen molar-refractivity contribution in [3.63, 3.8) is 0 Å². The molecule has 0 saturated heterocycles. The van der Waals surface area contributed by atoms with E-state index >= 15 is 0 Å². The number of aryl methyl sites for hydroxylation is 2. The van der Waals surface area contributed by atoms with Crippen molar-refractivity contribution in [2.45, 2.75) is 13.8 Å². The number of anilines is 4. The van der Waals surface area contributed by atoms with Crippen molar-refractivity contribution in [2.75, 3.05) is 31.0 Å². The number of aliphatic hydroxyl groups is 1. The average Bonchev–Trinajstić information content (AvgIpc) is 2.71. The number of rotatable bonds is 8. The predicted octanol–water partition coefficient (Wildman–Crippen LogP) is 3.96. The minimum Gasteiger partial charge on any atom is -0.496 e. The van der Waals surface area contributed by atoms with Crippen LogP contribution in [0.25, 0.3) is 0 Å². The SMILES string of the molecule is COc1cc(Nc2nc(Nc3ccc(OCCO)cc3)ncc2C)ccc1C. The largest absolute Gasteiger partial charge is 0.496 e. The minimum atomic E-state index is -0.0140. The highest BCUT2D eigenvalue weighted by Gasteiger charge is 2.07. The number of aliphatic hydroxyl groups excluding tert-OH is 1. The van der Waals surface area contributed by atoms with Crippen molar-refractivity contribution in [2.24, 2.45) is 0 Å². The van der Waals surface area contributed by atoms with E-state index in [-0.39, 0.29) is 13.2 Å². The average molecular weight is 380 g/mol. The summed E-state index contributed by atoms with van der Waals surface area (Å²) in [4.78, 5) is 8.92. The van der Waals surface area contributed by atoms with Gasteiger partial charge in [-0.1, -0.05) is 6.07 Å². The fourth-order valence-corrected chi connectivity index (χ4v) is 2.59. The molecule has 0 amide bonds. The summed E-state index contributed by atoms with van der Waals surface area (Å²) in [7, 11) is 1.66. The van der Waals surface area contributed by atoms with Crippen molar-refractivity contribution in [3.8, 4) is 11.5 Å². The Morgan fingerprint density at radius 3 is 2.43 bits per heavy atom. The third-order valence-electron chi connectivity index (χ3n) is 4.11. The molecule has 0 unspecified atom stereocenters. The molecule has 0 aliphatic rings. The molecule has 7 heteroatoms. The molecule has 0 fully saturated rings. The molecule has 0 bridgehead atoms. The van der Waals surface area contributed by atoms with E-state index in [0.717, 1.165) is 28.3 Å². The van der Waals surface area contributed by atoms with Gasteiger partial charge in [-0.3, -0.25) is 0 Å². The highest BCUT2D eigenvalue weighted by atomic mass is 16.5. The Bertz CT molecular complexity index is 929. The first-order valence-electron chi connectivity index (χ1n) is 8.95. The van der Waals surface area contributed by atoms with Crippen LogP contribution < -0.4 is 20.1 Å². The first-order valence-corrected chi connectivity index (χ1v) is 8.95. The summed E-state index contributed by atoms with van der Waals surface area (Å²) in [6.45, 7) is 4.21. The van der Waals surface area contributed by atoms with E-state index in [1.165, 1.54) is 0 Å². The molecule has 146 valence electrons. The summed E-state index contributed by atoms with van der Waals surface area (Å²) >= 11 is 0. The number of methoxy groups -OCH3 is 1. The lowest BCUT2D eigenvalue weighted by atomic mass is 10.2. The third-order valence-corrected chi connectivity index (χ3v) is 4.11. The molecule has 0 aliphatic heterocycles. The quantitative estimate of drug-likeness (QED) is 0.545. The summed E-state index contributed by atoms with van der Waals surface area (Å²) in [6.07, 6.45) is 1.77. The van der Waals surface area contributed by atoms with Gasteiger partial charge in [0.25, 0.3) is 0 Å². The number of hydrogen-bond acceptors (Lipinski definition) is 7. The molecular weight excluding hydrogens is 356 g/mol. The van der Waals surface area contributed by atoms with Crippen LogP contribution in [0.4, 0.5) is 23.1 Å². The first-order chi connectivity index (χ1) is 13.6. The minimum absolute atomic E-state index is 0.0140. The van der Waals surface area contributed by atoms with Crippen LogP contribution in [0.3, 0.4) is 0 Å². The fourth-order valence-electron chi connectivity index (χ4n) is 2.59. The Hall–Kier alpha value is -3.32. The van der Waals surface area contributed by atoms with Gasteiger partial charge in [-0.25, -0.2) is 4.98 Å². The molecule has 3 aromatic rings. The van der Waals surface area contributed by atoms with Gasteiger partial charge in [-0.15, -0.1) is 0 Å². The molecule has 0 radical (unpaired) electrons. The highest BCUT2D eigenvalue weighted by molar-refractivity contribution is 5.64. The molecular formula is C21H24N4O3. The van der Waals surface area contributed by atoms with Crippen LogP contribution in [0.1, 0.15) is 11.1 Å². The summed E-state index contributed by atoms with van der Waals surface area (Å²) in [5, 5.41) is 15.3. The van der Waals surface area contributed by atoms with E-state index in [1.54, 1.807) is 13.3 Å². The van der Waals surface area contributed by atoms with Crippen LogP contribution >= 0.6 is 0 Å². The van der Waals surface area contributed by atoms with Crippen LogP contribution in [-0.4, -0.2) is 35.4 Å². The van der Waals surface area contributed by atoms with Crippen LogP contribution in [-0.2, 0) is 0 Å². The van der Waals surface area contributed by atoms with E-state index in [4.69, 9.17) is 14.6 Å². The highest BCUT2D eigenvalue weighted by Crippen LogP contribution is 2.26. The Morgan fingerprint density at radius 2 is 1.71 bits per heavy atom. The number of ether oxygens (including phenoxy) is 2. The summed E-state index contributed by atoms with van der Waals surface area (Å²) in [6, 6.07) is 13.3. The number of benzene rings is 2. The van der Waals surface area contributed by atoms with Crippen LogP contribution in [0.5, 0.6) is 11.5 Å². The molecule has 0 saturated carbocycles. The predicted molar refractivity (Wildman–Crippen MR) is 110 cm³/mol. The lowest BCUT2D eigenvalue weighted by Crippen LogP contribution is -2.03. The molecule has 2 aromatic carbocycles. The topological polar surface area (TPSA) is 88.5 Å². The second-order valence-corrected chi connectivity index (χ2v) is 6.26. The Balaban J connectivity index is 1.74. The van der Waals surface area contributed by atoms with E-state index < -0.39 is 0 Å². The molecule has 1 aromatic heterocycles. The van der Waals surface area contributed by atoms with E-state index in [2.05, 4.69) is 20.6 Å². The molecule has 0 aliphatic carbocycles. The Labute approximate surface area is 164 Å². The van der Waals surface area contributed by atoms with E-state index in [0.29, 0.717) is 17.5 Å². The van der Waals surface area contributed by atoms with Gasteiger partial charge in [-0.2, -0.15) is 4.98 Å². The zero-order valence-corrected chi connectivity index (χ0v) is 16.2. The van der Waals surface area contributed by atoms with Crippen molar-refractivity contribution in [3.05, 3.63) is 59.8 Å². The van der Waals surface area contributed by atoms with E-state index in [1.807, 2.05) is 56.3 Å². The molecule has 0 spiro atoms. The Morgan fingerprint density at radius 1 is 0.964 bits per heavy atom. The first kappa shape index (κ1) is 19.4. The molecule has 0 atom stereocenters. The van der Waals surface area contributed by atoms with Crippen LogP contribution in [0.15, 0.2) is 48.7 Å². The lowest BCUT2D eigenvalue weighted by molar-refractivity contribution is 0.201. The maximum Gasteiger partial charge on any atom is 0.229 e. The zero-order valence-electron chi connectivity index (χ0n) is 16.2. The van der Waals surface area contributed by atoms with Gasteiger partial charge in [0, 0.05) is 29.2 Å².